The van der Waals surface area contributed by atoms with Gasteiger partial charge >= 0.3 is 0 Å². The average Bonchev–Trinajstić information content (AvgIpc) is 2.76. The molecule has 1 aromatic carbocycles. The van der Waals surface area contributed by atoms with Crippen molar-refractivity contribution in [2.24, 2.45) is 0 Å². The Morgan fingerprint density at radius 2 is 2.32 bits per heavy atom. The third-order valence-corrected chi connectivity index (χ3v) is 3.74. The summed E-state index contributed by atoms with van der Waals surface area (Å²) < 4.78 is 13.5. The minimum atomic E-state index is -0.443. The van der Waals surface area contributed by atoms with E-state index in [0.717, 1.165) is 11.3 Å². The number of halogens is 1. The summed E-state index contributed by atoms with van der Waals surface area (Å²) in [7, 11) is 0. The molecular formula is C13H15FN2O2S. The molecule has 2 amide bonds. The molecule has 0 spiro atoms. The van der Waals surface area contributed by atoms with Crippen LogP contribution in [0.1, 0.15) is 12.0 Å². The Kier molecular flexibility index (Phi) is 4.42. The molecule has 0 atom stereocenters. The second kappa shape index (κ2) is 6.06. The van der Waals surface area contributed by atoms with Gasteiger partial charge in [-0.25, -0.2) is 4.39 Å². The summed E-state index contributed by atoms with van der Waals surface area (Å²) in [5, 5.41) is 2.53. The first kappa shape index (κ1) is 13.9. The number of aryl methyl sites for hydroxylation is 1. The normalized spacial score (nSPS) is 14.8. The van der Waals surface area contributed by atoms with Gasteiger partial charge in [0.2, 0.25) is 5.91 Å². The lowest BCUT2D eigenvalue weighted by molar-refractivity contribution is -0.116. The molecule has 19 heavy (non-hydrogen) atoms. The number of carbonyl (C=O) groups is 2. The van der Waals surface area contributed by atoms with E-state index in [0.29, 0.717) is 13.1 Å². The number of hydrogen-bond donors (Lipinski definition) is 1. The van der Waals surface area contributed by atoms with E-state index in [9.17, 15) is 14.0 Å². The fourth-order valence-electron chi connectivity index (χ4n) is 1.80. The minimum absolute atomic E-state index is 0.00863. The molecule has 0 aromatic heterocycles. The zero-order valence-corrected chi connectivity index (χ0v) is 11.4. The maximum Gasteiger partial charge on any atom is 0.281 e. The average molecular weight is 282 g/mol. The SMILES string of the molecule is Cc1ccc(NC(=O)CCN2CCSC2=O)c(F)c1. The summed E-state index contributed by atoms with van der Waals surface area (Å²) in [6, 6.07) is 4.65. The van der Waals surface area contributed by atoms with Crippen LogP contribution < -0.4 is 5.32 Å². The zero-order chi connectivity index (χ0) is 13.8. The van der Waals surface area contributed by atoms with Crippen LogP contribution in [0.5, 0.6) is 0 Å². The predicted octanol–water partition coefficient (Wildman–Crippen LogP) is 2.63. The second-order valence-electron chi connectivity index (χ2n) is 4.38. The van der Waals surface area contributed by atoms with E-state index in [-0.39, 0.29) is 23.3 Å². The number of nitrogens with zero attached hydrogens (tertiary/aromatic N) is 1. The lowest BCUT2D eigenvalue weighted by atomic mass is 10.2. The first-order valence-corrected chi connectivity index (χ1v) is 7.02. The van der Waals surface area contributed by atoms with Gasteiger partial charge in [-0.1, -0.05) is 17.8 Å². The topological polar surface area (TPSA) is 49.4 Å². The van der Waals surface area contributed by atoms with Crippen molar-refractivity contribution in [1.82, 2.24) is 4.90 Å². The van der Waals surface area contributed by atoms with Crippen molar-refractivity contribution >= 4 is 28.6 Å². The number of anilines is 1. The molecule has 0 saturated carbocycles. The number of benzene rings is 1. The highest BCUT2D eigenvalue weighted by atomic mass is 32.2. The van der Waals surface area contributed by atoms with Crippen molar-refractivity contribution in [1.29, 1.82) is 0 Å². The first-order valence-electron chi connectivity index (χ1n) is 6.04. The van der Waals surface area contributed by atoms with Gasteiger partial charge in [-0.3, -0.25) is 9.59 Å². The maximum atomic E-state index is 13.5. The van der Waals surface area contributed by atoms with Gasteiger partial charge in [0.25, 0.3) is 5.24 Å². The summed E-state index contributed by atoms with van der Waals surface area (Å²) in [6.07, 6.45) is 0.180. The van der Waals surface area contributed by atoms with Gasteiger partial charge in [0, 0.05) is 25.3 Å². The Morgan fingerprint density at radius 3 is 2.95 bits per heavy atom. The van der Waals surface area contributed by atoms with E-state index in [1.807, 2.05) is 0 Å². The highest BCUT2D eigenvalue weighted by Crippen LogP contribution is 2.18. The van der Waals surface area contributed by atoms with Crippen LogP contribution in [0.25, 0.3) is 0 Å². The van der Waals surface area contributed by atoms with Gasteiger partial charge in [0.15, 0.2) is 0 Å². The van der Waals surface area contributed by atoms with Gasteiger partial charge in [0.05, 0.1) is 5.69 Å². The van der Waals surface area contributed by atoms with Gasteiger partial charge in [-0.2, -0.15) is 0 Å². The van der Waals surface area contributed by atoms with E-state index in [1.54, 1.807) is 24.0 Å². The van der Waals surface area contributed by atoms with Crippen LogP contribution in [0.3, 0.4) is 0 Å². The Bertz CT molecular complexity index is 507. The standard InChI is InChI=1S/C13H15FN2O2S/c1-9-2-3-11(10(14)8-9)15-12(17)4-5-16-6-7-19-13(16)18/h2-3,8H,4-7H2,1H3,(H,15,17). The van der Waals surface area contributed by atoms with Crippen molar-refractivity contribution in [2.75, 3.05) is 24.2 Å². The molecule has 2 rings (SSSR count). The molecule has 0 bridgehead atoms. The van der Waals surface area contributed by atoms with Crippen LogP contribution in [-0.4, -0.2) is 34.9 Å². The van der Waals surface area contributed by atoms with E-state index in [4.69, 9.17) is 0 Å². The Balaban J connectivity index is 1.85. The Labute approximate surface area is 115 Å². The van der Waals surface area contributed by atoms with Gasteiger partial charge < -0.3 is 10.2 Å². The summed E-state index contributed by atoms with van der Waals surface area (Å²) in [6.45, 7) is 2.84. The number of thioether (sulfide) groups is 1. The van der Waals surface area contributed by atoms with E-state index in [1.165, 1.54) is 17.8 Å². The van der Waals surface area contributed by atoms with Crippen LogP contribution in [0.2, 0.25) is 0 Å². The van der Waals surface area contributed by atoms with Crippen molar-refractivity contribution in [2.45, 2.75) is 13.3 Å². The summed E-state index contributed by atoms with van der Waals surface area (Å²) >= 11 is 1.26. The van der Waals surface area contributed by atoms with Crippen LogP contribution in [-0.2, 0) is 4.79 Å². The molecule has 4 nitrogen and oxygen atoms in total. The summed E-state index contributed by atoms with van der Waals surface area (Å²) in [4.78, 5) is 24.7. The van der Waals surface area contributed by atoms with E-state index < -0.39 is 5.82 Å². The van der Waals surface area contributed by atoms with Crippen molar-refractivity contribution in [3.05, 3.63) is 29.6 Å². The molecule has 1 aliphatic heterocycles. The molecule has 1 aromatic rings. The van der Waals surface area contributed by atoms with Crippen LogP contribution in [0.15, 0.2) is 18.2 Å². The van der Waals surface area contributed by atoms with Crippen LogP contribution in [0.4, 0.5) is 14.9 Å². The summed E-state index contributed by atoms with van der Waals surface area (Å²) in [5.41, 5.74) is 0.980. The smallest absolute Gasteiger partial charge is 0.281 e. The van der Waals surface area contributed by atoms with E-state index >= 15 is 0 Å². The van der Waals surface area contributed by atoms with Gasteiger partial charge in [-0.15, -0.1) is 0 Å². The lowest BCUT2D eigenvalue weighted by Crippen LogP contribution is -2.27. The number of rotatable bonds is 4. The molecule has 1 heterocycles. The second-order valence-corrected chi connectivity index (χ2v) is 5.43. The minimum Gasteiger partial charge on any atom is -0.332 e. The van der Waals surface area contributed by atoms with Crippen molar-refractivity contribution in [3.8, 4) is 0 Å². The van der Waals surface area contributed by atoms with Crippen LogP contribution >= 0.6 is 11.8 Å². The third-order valence-electron chi connectivity index (χ3n) is 2.85. The largest absolute Gasteiger partial charge is 0.332 e. The summed E-state index contributed by atoms with van der Waals surface area (Å²) in [5.74, 6) is 0.0427. The number of carbonyl (C=O) groups excluding carboxylic acids is 2. The Morgan fingerprint density at radius 1 is 1.53 bits per heavy atom. The van der Waals surface area contributed by atoms with Gasteiger partial charge in [0.1, 0.15) is 5.82 Å². The van der Waals surface area contributed by atoms with Crippen molar-refractivity contribution < 1.29 is 14.0 Å². The predicted molar refractivity (Wildman–Crippen MR) is 73.8 cm³/mol. The molecule has 1 aliphatic rings. The highest BCUT2D eigenvalue weighted by Gasteiger charge is 2.21. The number of amides is 2. The first-order chi connectivity index (χ1) is 9.06. The molecule has 0 radical (unpaired) electrons. The lowest BCUT2D eigenvalue weighted by Gasteiger charge is -2.14. The quantitative estimate of drug-likeness (QED) is 0.923. The highest BCUT2D eigenvalue weighted by molar-refractivity contribution is 8.13. The van der Waals surface area contributed by atoms with Crippen LogP contribution in [0, 0.1) is 12.7 Å². The zero-order valence-electron chi connectivity index (χ0n) is 10.6. The monoisotopic (exact) mass is 282 g/mol. The fourth-order valence-corrected chi connectivity index (χ4v) is 2.65. The molecule has 1 fully saturated rings. The molecule has 0 aliphatic carbocycles. The Hall–Kier alpha value is -1.56. The number of hydrogen-bond acceptors (Lipinski definition) is 3. The molecule has 1 saturated heterocycles. The molecule has 0 unspecified atom stereocenters. The molecule has 6 heteroatoms. The number of nitrogens with one attached hydrogen (secondary N) is 1. The molecule has 102 valence electrons. The maximum absolute atomic E-state index is 13.5. The van der Waals surface area contributed by atoms with Gasteiger partial charge in [-0.05, 0) is 24.6 Å². The van der Waals surface area contributed by atoms with E-state index in [2.05, 4.69) is 5.32 Å². The third kappa shape index (κ3) is 3.70. The molecular weight excluding hydrogens is 267 g/mol. The van der Waals surface area contributed by atoms with Crippen molar-refractivity contribution in [3.63, 3.8) is 0 Å². The molecule has 1 N–H and O–H groups in total. The fraction of sp³-hybridized carbons (Fsp3) is 0.385.